The van der Waals surface area contributed by atoms with E-state index in [1.807, 2.05) is 0 Å². The molecule has 2 atom stereocenters. The van der Waals surface area contributed by atoms with Crippen LogP contribution in [0.1, 0.15) is 19.4 Å². The number of hydrogen-bond acceptors (Lipinski definition) is 3. The zero-order chi connectivity index (χ0) is 20.0. The molecule has 26 heavy (non-hydrogen) atoms. The zero-order valence-electron chi connectivity index (χ0n) is 13.2. The van der Waals surface area contributed by atoms with Crippen molar-refractivity contribution >= 4 is 17.6 Å². The smallest absolute Gasteiger partial charge is 0.426 e. The number of rotatable bonds is 4. The highest BCUT2D eigenvalue weighted by molar-refractivity contribution is 6.30. The van der Waals surface area contributed by atoms with Crippen molar-refractivity contribution in [1.29, 1.82) is 0 Å². The zero-order valence-corrected chi connectivity index (χ0v) is 14.0. The van der Waals surface area contributed by atoms with Crippen LogP contribution in [0.25, 0.3) is 0 Å². The van der Waals surface area contributed by atoms with Gasteiger partial charge in [-0.05, 0) is 11.3 Å². The van der Waals surface area contributed by atoms with Gasteiger partial charge in [0.1, 0.15) is 11.6 Å². The number of allylic oxidation sites excluding steroid dienone is 2. The summed E-state index contributed by atoms with van der Waals surface area (Å²) in [6.07, 6.45) is -4.13. The fourth-order valence-electron chi connectivity index (χ4n) is 2.58. The summed E-state index contributed by atoms with van der Waals surface area (Å²) in [4.78, 5) is 14.4. The predicted octanol–water partition coefficient (Wildman–Crippen LogP) is 4.64. The molecule has 0 spiro atoms. The third-order valence-electron chi connectivity index (χ3n) is 4.21. The van der Waals surface area contributed by atoms with Gasteiger partial charge in [0, 0.05) is 0 Å². The van der Waals surface area contributed by atoms with Gasteiger partial charge in [0.2, 0.25) is 0 Å². The summed E-state index contributed by atoms with van der Waals surface area (Å²) >= 11 is 5.13. The summed E-state index contributed by atoms with van der Waals surface area (Å²) in [5, 5.41) is -1.42. The molecule has 1 saturated carbocycles. The number of halogens is 8. The van der Waals surface area contributed by atoms with Crippen molar-refractivity contribution in [2.24, 2.45) is 17.3 Å². The van der Waals surface area contributed by atoms with E-state index in [0.717, 1.165) is 0 Å². The van der Waals surface area contributed by atoms with E-state index in [1.54, 1.807) is 0 Å². The van der Waals surface area contributed by atoms with E-state index in [-0.39, 0.29) is 0 Å². The first-order valence-electron chi connectivity index (χ1n) is 7.08. The monoisotopic (exact) mass is 405 g/mol. The van der Waals surface area contributed by atoms with E-state index in [0.29, 0.717) is 6.08 Å². The quantitative estimate of drug-likeness (QED) is 0.416. The van der Waals surface area contributed by atoms with Crippen molar-refractivity contribution in [3.8, 4) is 0 Å². The maximum Gasteiger partial charge on any atom is 0.426 e. The van der Waals surface area contributed by atoms with Gasteiger partial charge < -0.3 is 4.74 Å². The second kappa shape index (κ2) is 6.71. The Kier molecular flexibility index (Phi) is 5.29. The van der Waals surface area contributed by atoms with E-state index >= 15 is 0 Å². The fourth-order valence-corrected chi connectivity index (χ4v) is 2.72. The minimum absolute atomic E-state index is 0.653. The first-order chi connectivity index (χ1) is 11.8. The molecule has 0 radical (unpaired) electrons. The standard InChI is InChI=1S/C15H11ClF7NO2/c1-14(2)6(3-7(16)15(21,22)23)8(14)13(25)26-4-5-9(17)11(19)24-12(20)10(5)18/h3,6,8H,4H2,1-2H3/t6-,8-/m1/s1. The Hall–Kier alpha value is -1.84. The Morgan fingerprint density at radius 3 is 2.15 bits per heavy atom. The number of alkyl halides is 3. The van der Waals surface area contributed by atoms with Gasteiger partial charge in [0.25, 0.3) is 11.9 Å². The molecule has 1 heterocycles. The highest BCUT2D eigenvalue weighted by atomic mass is 35.5. The van der Waals surface area contributed by atoms with E-state index < -0.39 is 70.1 Å². The number of carbonyl (C=O) groups excluding carboxylic acids is 1. The van der Waals surface area contributed by atoms with Gasteiger partial charge in [0.15, 0.2) is 11.6 Å². The molecule has 1 aliphatic carbocycles. The first-order valence-corrected chi connectivity index (χ1v) is 7.46. The number of carbonyl (C=O) groups is 1. The highest BCUT2D eigenvalue weighted by Gasteiger charge is 2.62. The molecule has 11 heteroatoms. The SMILES string of the molecule is CC1(C)[C@H](C=C(Cl)C(F)(F)F)[C@@H]1C(=O)OCc1c(F)c(F)nc(F)c1F. The molecule has 0 bridgehead atoms. The molecule has 0 N–H and O–H groups in total. The third kappa shape index (κ3) is 3.79. The topological polar surface area (TPSA) is 39.2 Å². The van der Waals surface area contributed by atoms with Crippen LogP contribution in [-0.2, 0) is 16.1 Å². The first kappa shape index (κ1) is 20.5. The Bertz CT molecular complexity index is 750. The molecule has 1 aromatic heterocycles. The molecule has 0 unspecified atom stereocenters. The van der Waals surface area contributed by atoms with Crippen molar-refractivity contribution in [3.05, 3.63) is 40.2 Å². The molecule has 144 valence electrons. The van der Waals surface area contributed by atoms with Gasteiger partial charge in [-0.25, -0.2) is 8.78 Å². The number of nitrogens with zero attached hydrogens (tertiary/aromatic N) is 1. The lowest BCUT2D eigenvalue weighted by atomic mass is 10.1. The van der Waals surface area contributed by atoms with Crippen LogP contribution in [0.15, 0.2) is 11.1 Å². The minimum Gasteiger partial charge on any atom is -0.460 e. The molecule has 3 nitrogen and oxygen atoms in total. The van der Waals surface area contributed by atoms with Crippen LogP contribution in [-0.4, -0.2) is 17.1 Å². The number of ether oxygens (including phenoxy) is 1. The fraction of sp³-hybridized carbons (Fsp3) is 0.467. The third-order valence-corrected chi connectivity index (χ3v) is 4.55. The number of hydrogen-bond donors (Lipinski definition) is 0. The van der Waals surface area contributed by atoms with Crippen molar-refractivity contribution in [3.63, 3.8) is 0 Å². The van der Waals surface area contributed by atoms with Crippen molar-refractivity contribution in [2.75, 3.05) is 0 Å². The lowest BCUT2D eigenvalue weighted by Crippen LogP contribution is -2.14. The largest absolute Gasteiger partial charge is 0.460 e. The summed E-state index contributed by atoms with van der Waals surface area (Å²) in [7, 11) is 0. The lowest BCUT2D eigenvalue weighted by Gasteiger charge is -2.08. The molecule has 1 aromatic rings. The summed E-state index contributed by atoms with van der Waals surface area (Å²) in [5.74, 6) is -10.6. The molecule has 1 aliphatic rings. The van der Waals surface area contributed by atoms with Crippen molar-refractivity contribution in [1.82, 2.24) is 4.98 Å². The van der Waals surface area contributed by atoms with Crippen LogP contribution in [0.5, 0.6) is 0 Å². The van der Waals surface area contributed by atoms with E-state index in [2.05, 4.69) is 9.72 Å². The normalized spacial score (nSPS) is 22.3. The van der Waals surface area contributed by atoms with Crippen LogP contribution in [0.4, 0.5) is 30.7 Å². The molecule has 0 aromatic carbocycles. The molecule has 1 fully saturated rings. The molecule has 0 saturated heterocycles. The maximum absolute atomic E-state index is 13.5. The molecule has 0 amide bonds. The number of aromatic nitrogens is 1. The summed E-state index contributed by atoms with van der Waals surface area (Å²) in [6.45, 7) is 1.78. The molecule has 0 aliphatic heterocycles. The van der Waals surface area contributed by atoms with Gasteiger partial charge in [-0.2, -0.15) is 26.9 Å². The highest BCUT2D eigenvalue weighted by Crippen LogP contribution is 2.60. The molecule has 2 rings (SSSR count). The minimum atomic E-state index is -4.78. The summed E-state index contributed by atoms with van der Waals surface area (Å²) < 4.78 is 94.9. The predicted molar refractivity (Wildman–Crippen MR) is 74.6 cm³/mol. The van der Waals surface area contributed by atoms with Crippen LogP contribution >= 0.6 is 11.6 Å². The molecular weight excluding hydrogens is 395 g/mol. The Labute approximate surface area is 147 Å². The Balaban J connectivity index is 2.13. The van der Waals surface area contributed by atoms with Gasteiger partial charge in [0.05, 0.1) is 11.5 Å². The maximum atomic E-state index is 13.5. The second-order valence-electron chi connectivity index (χ2n) is 6.24. The van der Waals surface area contributed by atoms with Gasteiger partial charge in [-0.3, -0.25) is 4.79 Å². The Morgan fingerprint density at radius 1 is 1.19 bits per heavy atom. The number of pyridine rings is 1. The lowest BCUT2D eigenvalue weighted by molar-refractivity contribution is -0.147. The van der Waals surface area contributed by atoms with Crippen LogP contribution in [0.3, 0.4) is 0 Å². The Morgan fingerprint density at radius 2 is 1.69 bits per heavy atom. The van der Waals surface area contributed by atoms with Crippen LogP contribution < -0.4 is 0 Å². The average Bonchev–Trinajstić information content (AvgIpc) is 3.04. The summed E-state index contributed by atoms with van der Waals surface area (Å²) in [5.41, 5.74) is -2.14. The average molecular weight is 406 g/mol. The van der Waals surface area contributed by atoms with E-state index in [4.69, 9.17) is 11.6 Å². The van der Waals surface area contributed by atoms with Gasteiger partial charge >= 0.3 is 12.1 Å². The van der Waals surface area contributed by atoms with Gasteiger partial charge in [-0.15, -0.1) is 0 Å². The van der Waals surface area contributed by atoms with Crippen molar-refractivity contribution < 1.29 is 40.3 Å². The number of esters is 1. The van der Waals surface area contributed by atoms with E-state index in [9.17, 15) is 35.5 Å². The summed E-state index contributed by atoms with van der Waals surface area (Å²) in [6, 6.07) is 0. The van der Waals surface area contributed by atoms with Gasteiger partial charge in [-0.1, -0.05) is 31.5 Å². The molecular formula is C15H11ClF7NO2. The second-order valence-corrected chi connectivity index (χ2v) is 6.65. The van der Waals surface area contributed by atoms with Crippen molar-refractivity contribution in [2.45, 2.75) is 26.6 Å². The van der Waals surface area contributed by atoms with Crippen LogP contribution in [0.2, 0.25) is 0 Å². The van der Waals surface area contributed by atoms with Crippen LogP contribution in [0, 0.1) is 40.8 Å². The van der Waals surface area contributed by atoms with E-state index in [1.165, 1.54) is 13.8 Å².